The Kier molecular flexibility index (Phi) is 6.92. The van der Waals surface area contributed by atoms with Gasteiger partial charge in [-0.2, -0.15) is 0 Å². The van der Waals surface area contributed by atoms with Crippen LogP contribution in [0.5, 0.6) is 0 Å². The second kappa shape index (κ2) is 7.68. The summed E-state index contributed by atoms with van der Waals surface area (Å²) >= 11 is 0. The van der Waals surface area contributed by atoms with Crippen molar-refractivity contribution in [2.24, 2.45) is 5.92 Å². The standard InChI is InChI=1S/C12H19NO3/c1-4-5-6-9(2)7-11(8-12(15)16)13-10(3)14/h5-6,8-9H,4,7H2,1-3H3,(H,13,14)(H,15,16). The predicted molar refractivity (Wildman–Crippen MR) is 62.7 cm³/mol. The van der Waals surface area contributed by atoms with Gasteiger partial charge in [0.05, 0.1) is 0 Å². The van der Waals surface area contributed by atoms with Crippen LogP contribution < -0.4 is 5.32 Å². The molecule has 0 bridgehead atoms. The monoisotopic (exact) mass is 225 g/mol. The van der Waals surface area contributed by atoms with Gasteiger partial charge in [-0.05, 0) is 18.8 Å². The van der Waals surface area contributed by atoms with Gasteiger partial charge < -0.3 is 10.4 Å². The molecule has 0 aromatic carbocycles. The van der Waals surface area contributed by atoms with Crippen molar-refractivity contribution in [1.82, 2.24) is 5.32 Å². The van der Waals surface area contributed by atoms with Crippen LogP contribution in [0.1, 0.15) is 33.6 Å². The van der Waals surface area contributed by atoms with Crippen molar-refractivity contribution in [1.29, 1.82) is 0 Å². The van der Waals surface area contributed by atoms with Crippen molar-refractivity contribution in [3.63, 3.8) is 0 Å². The molecule has 90 valence electrons. The molecule has 16 heavy (non-hydrogen) atoms. The van der Waals surface area contributed by atoms with Crippen LogP contribution in [0.3, 0.4) is 0 Å². The fourth-order valence-electron chi connectivity index (χ4n) is 1.30. The van der Waals surface area contributed by atoms with E-state index >= 15 is 0 Å². The first kappa shape index (κ1) is 14.4. The predicted octanol–water partition coefficient (Wildman–Crippen LogP) is 2.08. The molecule has 0 heterocycles. The van der Waals surface area contributed by atoms with Gasteiger partial charge in [-0.3, -0.25) is 4.79 Å². The number of carbonyl (C=O) groups excluding carboxylic acids is 1. The van der Waals surface area contributed by atoms with Gasteiger partial charge in [0.2, 0.25) is 5.91 Å². The second-order valence-electron chi connectivity index (χ2n) is 3.71. The fraction of sp³-hybridized carbons (Fsp3) is 0.500. The smallest absolute Gasteiger partial charge is 0.330 e. The molecule has 0 fully saturated rings. The molecule has 0 aromatic heterocycles. The lowest BCUT2D eigenvalue weighted by molar-refractivity contribution is -0.131. The van der Waals surface area contributed by atoms with Crippen molar-refractivity contribution < 1.29 is 14.7 Å². The highest BCUT2D eigenvalue weighted by molar-refractivity contribution is 5.83. The normalized spacial score (nSPS) is 13.8. The zero-order chi connectivity index (χ0) is 12.6. The highest BCUT2D eigenvalue weighted by Crippen LogP contribution is 2.11. The lowest BCUT2D eigenvalue weighted by Gasteiger charge is -2.10. The minimum Gasteiger partial charge on any atom is -0.478 e. The summed E-state index contributed by atoms with van der Waals surface area (Å²) in [6.45, 7) is 5.37. The molecule has 1 atom stereocenters. The first-order valence-electron chi connectivity index (χ1n) is 5.33. The van der Waals surface area contributed by atoms with Crippen LogP contribution in [0, 0.1) is 5.92 Å². The Hall–Kier alpha value is -1.58. The maximum absolute atomic E-state index is 10.9. The molecule has 0 saturated heterocycles. The third-order valence-corrected chi connectivity index (χ3v) is 1.88. The lowest BCUT2D eigenvalue weighted by atomic mass is 10.0. The van der Waals surface area contributed by atoms with E-state index in [0.717, 1.165) is 12.5 Å². The second-order valence-corrected chi connectivity index (χ2v) is 3.71. The van der Waals surface area contributed by atoms with Crippen LogP contribution in [0.15, 0.2) is 23.9 Å². The first-order valence-corrected chi connectivity index (χ1v) is 5.33. The zero-order valence-corrected chi connectivity index (χ0v) is 9.99. The summed E-state index contributed by atoms with van der Waals surface area (Å²) in [5.74, 6) is -1.09. The average Bonchev–Trinajstić information content (AvgIpc) is 2.12. The van der Waals surface area contributed by atoms with Crippen molar-refractivity contribution in [2.45, 2.75) is 33.6 Å². The summed E-state index contributed by atoms with van der Waals surface area (Å²) < 4.78 is 0. The summed E-state index contributed by atoms with van der Waals surface area (Å²) in [4.78, 5) is 21.4. The van der Waals surface area contributed by atoms with E-state index in [0.29, 0.717) is 12.1 Å². The SMILES string of the molecule is CCC=CC(C)CC(=CC(=O)O)NC(C)=O. The Morgan fingerprint density at radius 1 is 1.44 bits per heavy atom. The molecule has 2 N–H and O–H groups in total. The summed E-state index contributed by atoms with van der Waals surface area (Å²) in [6.07, 6.45) is 6.54. The largest absolute Gasteiger partial charge is 0.478 e. The van der Waals surface area contributed by atoms with E-state index in [1.54, 1.807) is 0 Å². The first-order chi connectivity index (χ1) is 7.45. The molecule has 0 aliphatic carbocycles. The molecular weight excluding hydrogens is 206 g/mol. The molecule has 0 saturated carbocycles. The van der Waals surface area contributed by atoms with Crippen LogP contribution in [0.25, 0.3) is 0 Å². The number of allylic oxidation sites excluding steroid dienone is 3. The minimum atomic E-state index is -1.05. The maximum Gasteiger partial charge on any atom is 0.330 e. The van der Waals surface area contributed by atoms with Crippen molar-refractivity contribution in [2.75, 3.05) is 0 Å². The van der Waals surface area contributed by atoms with Gasteiger partial charge in [-0.15, -0.1) is 0 Å². The van der Waals surface area contributed by atoms with Gasteiger partial charge in [-0.1, -0.05) is 26.0 Å². The Bertz CT molecular complexity index is 305. The molecule has 1 unspecified atom stereocenters. The van der Waals surface area contributed by atoms with Gasteiger partial charge in [0.1, 0.15) is 0 Å². The zero-order valence-electron chi connectivity index (χ0n) is 9.99. The molecular formula is C12H19NO3. The van der Waals surface area contributed by atoms with E-state index in [-0.39, 0.29) is 11.8 Å². The number of rotatable bonds is 6. The van der Waals surface area contributed by atoms with Crippen LogP contribution in [-0.4, -0.2) is 17.0 Å². The lowest BCUT2D eigenvalue weighted by Crippen LogP contribution is -2.21. The molecule has 4 nitrogen and oxygen atoms in total. The number of hydrogen-bond acceptors (Lipinski definition) is 2. The Balaban J connectivity index is 4.48. The molecule has 0 radical (unpaired) electrons. The number of carboxylic acid groups (broad SMARTS) is 1. The van der Waals surface area contributed by atoms with E-state index in [4.69, 9.17) is 5.11 Å². The molecule has 1 amide bonds. The van der Waals surface area contributed by atoms with E-state index in [1.165, 1.54) is 6.92 Å². The third-order valence-electron chi connectivity index (χ3n) is 1.88. The summed E-state index contributed by atoms with van der Waals surface area (Å²) in [5, 5.41) is 11.2. The highest BCUT2D eigenvalue weighted by Gasteiger charge is 2.06. The molecule has 0 aromatic rings. The molecule has 0 rings (SSSR count). The average molecular weight is 225 g/mol. The van der Waals surface area contributed by atoms with Crippen LogP contribution in [0.4, 0.5) is 0 Å². The number of nitrogens with one attached hydrogen (secondary N) is 1. The molecule has 0 aliphatic rings. The molecule has 0 aliphatic heterocycles. The Morgan fingerprint density at radius 3 is 2.50 bits per heavy atom. The third kappa shape index (κ3) is 7.79. The number of carboxylic acids is 1. The number of amides is 1. The van der Waals surface area contributed by atoms with E-state index in [9.17, 15) is 9.59 Å². The Labute approximate surface area is 96.0 Å². The van der Waals surface area contributed by atoms with E-state index in [1.807, 2.05) is 26.0 Å². The maximum atomic E-state index is 10.9. The Morgan fingerprint density at radius 2 is 2.06 bits per heavy atom. The van der Waals surface area contributed by atoms with Crippen LogP contribution in [0.2, 0.25) is 0 Å². The van der Waals surface area contributed by atoms with Crippen molar-refractivity contribution in [3.05, 3.63) is 23.9 Å². The van der Waals surface area contributed by atoms with Crippen molar-refractivity contribution >= 4 is 11.9 Å². The quantitative estimate of drug-likeness (QED) is 0.537. The molecule has 0 spiro atoms. The summed E-state index contributed by atoms with van der Waals surface area (Å²) in [6, 6.07) is 0. The number of aliphatic carboxylic acids is 1. The summed E-state index contributed by atoms with van der Waals surface area (Å²) in [7, 11) is 0. The van der Waals surface area contributed by atoms with Crippen LogP contribution in [-0.2, 0) is 9.59 Å². The minimum absolute atomic E-state index is 0.206. The van der Waals surface area contributed by atoms with Gasteiger partial charge in [0.25, 0.3) is 0 Å². The highest BCUT2D eigenvalue weighted by atomic mass is 16.4. The number of carbonyl (C=O) groups is 2. The van der Waals surface area contributed by atoms with Gasteiger partial charge in [-0.25, -0.2) is 4.79 Å². The topological polar surface area (TPSA) is 66.4 Å². The fourth-order valence-corrected chi connectivity index (χ4v) is 1.30. The summed E-state index contributed by atoms with van der Waals surface area (Å²) in [5.41, 5.74) is 0.438. The van der Waals surface area contributed by atoms with Gasteiger partial charge >= 0.3 is 5.97 Å². The molecule has 4 heteroatoms. The number of hydrogen-bond donors (Lipinski definition) is 2. The van der Waals surface area contributed by atoms with Crippen LogP contribution >= 0.6 is 0 Å². The van der Waals surface area contributed by atoms with Gasteiger partial charge in [0, 0.05) is 18.7 Å². The van der Waals surface area contributed by atoms with Crippen molar-refractivity contribution in [3.8, 4) is 0 Å². The van der Waals surface area contributed by atoms with E-state index in [2.05, 4.69) is 5.32 Å². The van der Waals surface area contributed by atoms with Gasteiger partial charge in [0.15, 0.2) is 0 Å². The van der Waals surface area contributed by atoms with E-state index < -0.39 is 5.97 Å².